The third-order valence-electron chi connectivity index (χ3n) is 4.55. The standard InChI is InChI=1S/C24H21F3N2O4/c1-32-19-10-8-16(9-11-19)14-28-22(30)15-29-23(31)17-4-2-6-20(12-17)33-21-7-3-5-18(13-21)24(25,26)27/h2-13H,14-15H2,1H3,(H,28,30)(H,29,31). The zero-order valence-corrected chi connectivity index (χ0v) is 17.6. The summed E-state index contributed by atoms with van der Waals surface area (Å²) in [4.78, 5) is 24.4. The lowest BCUT2D eigenvalue weighted by molar-refractivity contribution is -0.137. The SMILES string of the molecule is COc1ccc(CNC(=O)CNC(=O)c2cccc(Oc3cccc(C(F)(F)F)c3)c2)cc1. The number of methoxy groups -OCH3 is 1. The second-order valence-corrected chi connectivity index (χ2v) is 6.96. The van der Waals surface area contributed by atoms with E-state index in [1.165, 1.54) is 36.4 Å². The Kier molecular flexibility index (Phi) is 7.55. The van der Waals surface area contributed by atoms with Gasteiger partial charge < -0.3 is 20.1 Å². The van der Waals surface area contributed by atoms with Crippen molar-refractivity contribution < 1.29 is 32.2 Å². The van der Waals surface area contributed by atoms with Gasteiger partial charge in [0, 0.05) is 12.1 Å². The van der Waals surface area contributed by atoms with Crippen LogP contribution in [0.2, 0.25) is 0 Å². The van der Waals surface area contributed by atoms with E-state index in [1.807, 2.05) is 12.1 Å². The number of ether oxygens (including phenoxy) is 2. The molecule has 9 heteroatoms. The van der Waals surface area contributed by atoms with E-state index >= 15 is 0 Å². The molecule has 3 aromatic carbocycles. The number of rotatable bonds is 8. The molecule has 33 heavy (non-hydrogen) atoms. The average Bonchev–Trinajstić information content (AvgIpc) is 2.81. The highest BCUT2D eigenvalue weighted by molar-refractivity contribution is 5.96. The van der Waals surface area contributed by atoms with Crippen LogP contribution in [0, 0.1) is 0 Å². The van der Waals surface area contributed by atoms with E-state index < -0.39 is 17.6 Å². The third-order valence-corrected chi connectivity index (χ3v) is 4.55. The number of hydrogen-bond donors (Lipinski definition) is 2. The fraction of sp³-hybridized carbons (Fsp3) is 0.167. The smallest absolute Gasteiger partial charge is 0.416 e. The first-order valence-electron chi connectivity index (χ1n) is 9.87. The van der Waals surface area contributed by atoms with E-state index in [-0.39, 0.29) is 29.5 Å². The van der Waals surface area contributed by atoms with Crippen molar-refractivity contribution in [3.05, 3.63) is 89.5 Å². The lowest BCUT2D eigenvalue weighted by Gasteiger charge is -2.11. The molecule has 172 valence electrons. The number of carbonyl (C=O) groups excluding carboxylic acids is 2. The van der Waals surface area contributed by atoms with Gasteiger partial charge in [0.05, 0.1) is 19.2 Å². The van der Waals surface area contributed by atoms with Gasteiger partial charge in [0.25, 0.3) is 5.91 Å². The normalized spacial score (nSPS) is 10.9. The zero-order chi connectivity index (χ0) is 23.8. The first kappa shape index (κ1) is 23.6. The molecular formula is C24H21F3N2O4. The van der Waals surface area contributed by atoms with E-state index in [1.54, 1.807) is 19.2 Å². The topological polar surface area (TPSA) is 76.7 Å². The van der Waals surface area contributed by atoms with Crippen LogP contribution in [0.3, 0.4) is 0 Å². The van der Waals surface area contributed by atoms with Gasteiger partial charge in [-0.15, -0.1) is 0 Å². The molecule has 0 saturated carbocycles. The van der Waals surface area contributed by atoms with Crippen LogP contribution in [-0.4, -0.2) is 25.5 Å². The summed E-state index contributed by atoms with van der Waals surface area (Å²) >= 11 is 0. The van der Waals surface area contributed by atoms with Crippen LogP contribution in [0.4, 0.5) is 13.2 Å². The highest BCUT2D eigenvalue weighted by atomic mass is 19.4. The van der Waals surface area contributed by atoms with Crippen molar-refractivity contribution in [1.82, 2.24) is 10.6 Å². The molecule has 0 aliphatic rings. The monoisotopic (exact) mass is 458 g/mol. The van der Waals surface area contributed by atoms with Gasteiger partial charge in [0.1, 0.15) is 17.2 Å². The molecule has 0 saturated heterocycles. The summed E-state index contributed by atoms with van der Waals surface area (Å²) in [6.45, 7) is 0.0483. The van der Waals surface area contributed by atoms with Gasteiger partial charge in [0.2, 0.25) is 5.91 Å². The minimum atomic E-state index is -4.49. The lowest BCUT2D eigenvalue weighted by Crippen LogP contribution is -2.36. The third kappa shape index (κ3) is 6.99. The Morgan fingerprint density at radius 3 is 2.18 bits per heavy atom. The maximum Gasteiger partial charge on any atom is 0.416 e. The van der Waals surface area contributed by atoms with Crippen molar-refractivity contribution in [2.24, 2.45) is 0 Å². The fourth-order valence-corrected chi connectivity index (χ4v) is 2.84. The highest BCUT2D eigenvalue weighted by Gasteiger charge is 2.30. The Morgan fingerprint density at radius 1 is 0.848 bits per heavy atom. The molecule has 0 heterocycles. The Bertz CT molecular complexity index is 1120. The first-order valence-corrected chi connectivity index (χ1v) is 9.87. The van der Waals surface area contributed by atoms with Crippen LogP contribution in [-0.2, 0) is 17.5 Å². The zero-order valence-electron chi connectivity index (χ0n) is 17.6. The minimum Gasteiger partial charge on any atom is -0.497 e. The van der Waals surface area contributed by atoms with Crippen LogP contribution in [0.15, 0.2) is 72.8 Å². The molecule has 6 nitrogen and oxygen atoms in total. The van der Waals surface area contributed by atoms with E-state index in [0.29, 0.717) is 12.3 Å². The number of nitrogens with one attached hydrogen (secondary N) is 2. The van der Waals surface area contributed by atoms with E-state index in [9.17, 15) is 22.8 Å². The number of benzene rings is 3. The summed E-state index contributed by atoms with van der Waals surface area (Å²) in [7, 11) is 1.56. The molecule has 0 spiro atoms. The predicted molar refractivity (Wildman–Crippen MR) is 115 cm³/mol. The predicted octanol–water partition coefficient (Wildman–Crippen LogP) is 4.55. The second kappa shape index (κ2) is 10.5. The summed E-state index contributed by atoms with van der Waals surface area (Å²) in [5.74, 6) is -0.0255. The van der Waals surface area contributed by atoms with Crippen molar-refractivity contribution in [1.29, 1.82) is 0 Å². The molecule has 3 aromatic rings. The maximum atomic E-state index is 12.9. The van der Waals surface area contributed by atoms with Gasteiger partial charge in [0.15, 0.2) is 0 Å². The highest BCUT2D eigenvalue weighted by Crippen LogP contribution is 2.32. The number of alkyl halides is 3. The Morgan fingerprint density at radius 2 is 1.52 bits per heavy atom. The minimum absolute atomic E-state index is 0.0136. The molecule has 0 bridgehead atoms. The van der Waals surface area contributed by atoms with Crippen LogP contribution >= 0.6 is 0 Å². The number of halogens is 3. The van der Waals surface area contributed by atoms with Crippen molar-refractivity contribution >= 4 is 11.8 Å². The fourth-order valence-electron chi connectivity index (χ4n) is 2.84. The quantitative estimate of drug-likeness (QED) is 0.519. The van der Waals surface area contributed by atoms with Crippen LogP contribution in [0.25, 0.3) is 0 Å². The molecule has 0 aliphatic heterocycles. The van der Waals surface area contributed by atoms with Gasteiger partial charge >= 0.3 is 6.18 Å². The summed E-state index contributed by atoms with van der Waals surface area (Å²) in [5, 5.41) is 5.19. The van der Waals surface area contributed by atoms with E-state index in [0.717, 1.165) is 17.7 Å². The second-order valence-electron chi connectivity index (χ2n) is 6.96. The average molecular weight is 458 g/mol. The first-order chi connectivity index (χ1) is 15.7. The molecule has 2 amide bonds. The maximum absolute atomic E-state index is 12.9. The van der Waals surface area contributed by atoms with Gasteiger partial charge in [-0.05, 0) is 54.1 Å². The molecule has 0 radical (unpaired) electrons. The molecule has 3 rings (SSSR count). The molecule has 0 atom stereocenters. The van der Waals surface area contributed by atoms with Crippen molar-refractivity contribution in [3.63, 3.8) is 0 Å². The van der Waals surface area contributed by atoms with Gasteiger partial charge in [-0.2, -0.15) is 13.2 Å². The van der Waals surface area contributed by atoms with Crippen LogP contribution in [0.5, 0.6) is 17.2 Å². The lowest BCUT2D eigenvalue weighted by atomic mass is 10.2. The number of hydrogen-bond acceptors (Lipinski definition) is 4. The molecule has 0 aliphatic carbocycles. The van der Waals surface area contributed by atoms with Crippen molar-refractivity contribution in [3.8, 4) is 17.2 Å². The summed E-state index contributed by atoms with van der Waals surface area (Å²) in [5.41, 5.74) is 0.229. The molecule has 0 unspecified atom stereocenters. The number of carbonyl (C=O) groups is 2. The molecule has 2 N–H and O–H groups in total. The summed E-state index contributed by atoms with van der Waals surface area (Å²) in [6, 6.07) is 17.5. The van der Waals surface area contributed by atoms with Gasteiger partial charge in [-0.25, -0.2) is 0 Å². The largest absolute Gasteiger partial charge is 0.497 e. The van der Waals surface area contributed by atoms with Crippen LogP contribution in [0.1, 0.15) is 21.5 Å². The molecule has 0 fully saturated rings. The summed E-state index contributed by atoms with van der Waals surface area (Å²) < 4.78 is 49.1. The Balaban J connectivity index is 1.53. The Labute approximate surface area is 188 Å². The van der Waals surface area contributed by atoms with Crippen LogP contribution < -0.4 is 20.1 Å². The van der Waals surface area contributed by atoms with E-state index in [2.05, 4.69) is 10.6 Å². The van der Waals surface area contributed by atoms with Crippen molar-refractivity contribution in [2.75, 3.05) is 13.7 Å². The molecule has 0 aromatic heterocycles. The van der Waals surface area contributed by atoms with Gasteiger partial charge in [-0.3, -0.25) is 9.59 Å². The Hall–Kier alpha value is -4.01. The molecular weight excluding hydrogens is 437 g/mol. The van der Waals surface area contributed by atoms with Crippen molar-refractivity contribution in [2.45, 2.75) is 12.7 Å². The van der Waals surface area contributed by atoms with Gasteiger partial charge in [-0.1, -0.05) is 24.3 Å². The summed E-state index contributed by atoms with van der Waals surface area (Å²) in [6.07, 6.45) is -4.49. The number of amides is 2. The van der Waals surface area contributed by atoms with E-state index in [4.69, 9.17) is 9.47 Å².